The van der Waals surface area contributed by atoms with Crippen molar-refractivity contribution in [1.82, 2.24) is 4.98 Å². The molecule has 0 atom stereocenters. The minimum absolute atomic E-state index is 0.0818. The van der Waals surface area contributed by atoms with Crippen molar-refractivity contribution < 1.29 is 22.3 Å². The summed E-state index contributed by atoms with van der Waals surface area (Å²) in [6.07, 6.45) is 0. The van der Waals surface area contributed by atoms with Crippen LogP contribution in [0, 0.1) is 5.82 Å². The molecule has 1 aromatic heterocycles. The van der Waals surface area contributed by atoms with Crippen LogP contribution in [0.25, 0.3) is 11.3 Å². The second-order valence-electron chi connectivity index (χ2n) is 5.16. The van der Waals surface area contributed by atoms with Gasteiger partial charge in [0.15, 0.2) is 5.13 Å². The number of ether oxygens (including phenoxy) is 2. The van der Waals surface area contributed by atoms with Crippen LogP contribution in [-0.2, 0) is 10.0 Å². The van der Waals surface area contributed by atoms with Gasteiger partial charge in [0.25, 0.3) is 10.0 Å². The van der Waals surface area contributed by atoms with Crippen molar-refractivity contribution in [1.29, 1.82) is 0 Å². The fourth-order valence-electron chi connectivity index (χ4n) is 2.25. The lowest BCUT2D eigenvalue weighted by atomic mass is 10.1. The predicted octanol–water partition coefficient (Wildman–Crippen LogP) is 3.77. The molecule has 136 valence electrons. The first kappa shape index (κ1) is 18.2. The van der Waals surface area contributed by atoms with Crippen LogP contribution in [0.1, 0.15) is 0 Å². The summed E-state index contributed by atoms with van der Waals surface area (Å²) in [6, 6.07) is 10.0. The Morgan fingerprint density at radius 2 is 1.81 bits per heavy atom. The van der Waals surface area contributed by atoms with Crippen molar-refractivity contribution in [3.63, 3.8) is 0 Å². The highest BCUT2D eigenvalue weighted by Gasteiger charge is 2.18. The number of rotatable bonds is 6. The van der Waals surface area contributed by atoms with E-state index < -0.39 is 15.8 Å². The molecule has 9 heteroatoms. The van der Waals surface area contributed by atoms with Crippen molar-refractivity contribution in [3.8, 4) is 22.8 Å². The van der Waals surface area contributed by atoms with Crippen LogP contribution >= 0.6 is 11.3 Å². The summed E-state index contributed by atoms with van der Waals surface area (Å²) in [7, 11) is -0.826. The minimum atomic E-state index is -3.79. The zero-order valence-electron chi connectivity index (χ0n) is 13.9. The van der Waals surface area contributed by atoms with Crippen LogP contribution < -0.4 is 14.2 Å². The standard InChI is InChI=1S/C17H15FN2O4S2/c1-23-12-4-6-13(7-5-12)26(21,22)20-17-19-15(10-25-17)14-9-11(18)3-8-16(14)24-2/h3-10H,1-2H3,(H,19,20). The fraction of sp³-hybridized carbons (Fsp3) is 0.118. The highest BCUT2D eigenvalue weighted by molar-refractivity contribution is 7.93. The molecule has 1 N–H and O–H groups in total. The van der Waals surface area contributed by atoms with Crippen molar-refractivity contribution in [2.45, 2.75) is 4.90 Å². The highest BCUT2D eigenvalue weighted by atomic mass is 32.2. The zero-order valence-corrected chi connectivity index (χ0v) is 15.5. The molecule has 0 saturated heterocycles. The van der Waals surface area contributed by atoms with Crippen LogP contribution in [0.5, 0.6) is 11.5 Å². The predicted molar refractivity (Wildman–Crippen MR) is 97.9 cm³/mol. The van der Waals surface area contributed by atoms with Gasteiger partial charge in [-0.05, 0) is 42.5 Å². The van der Waals surface area contributed by atoms with Gasteiger partial charge in [0.05, 0.1) is 24.8 Å². The van der Waals surface area contributed by atoms with Crippen molar-refractivity contribution >= 4 is 26.5 Å². The third kappa shape index (κ3) is 3.78. The molecule has 0 amide bonds. The number of thiazole rings is 1. The number of nitrogens with zero attached hydrogens (tertiary/aromatic N) is 1. The lowest BCUT2D eigenvalue weighted by Gasteiger charge is -2.07. The van der Waals surface area contributed by atoms with Crippen molar-refractivity contribution in [2.75, 3.05) is 18.9 Å². The summed E-state index contributed by atoms with van der Waals surface area (Å²) in [5.41, 5.74) is 0.859. The normalized spacial score (nSPS) is 11.2. The van der Waals surface area contributed by atoms with E-state index in [1.807, 2.05) is 0 Å². The maximum absolute atomic E-state index is 13.5. The average molecular weight is 394 g/mol. The van der Waals surface area contributed by atoms with Gasteiger partial charge in [0.2, 0.25) is 0 Å². The first-order chi connectivity index (χ1) is 12.4. The molecule has 3 aromatic rings. The van der Waals surface area contributed by atoms with E-state index in [0.717, 1.165) is 11.3 Å². The van der Waals surface area contributed by atoms with Gasteiger partial charge in [-0.15, -0.1) is 11.3 Å². The molecule has 0 bridgehead atoms. The van der Waals surface area contributed by atoms with Gasteiger partial charge in [-0.1, -0.05) is 0 Å². The van der Waals surface area contributed by atoms with Crippen LogP contribution in [0.15, 0.2) is 52.7 Å². The molecular weight excluding hydrogens is 379 g/mol. The monoisotopic (exact) mass is 394 g/mol. The Morgan fingerprint density at radius 3 is 2.46 bits per heavy atom. The first-order valence-corrected chi connectivity index (χ1v) is 9.75. The number of anilines is 1. The van der Waals surface area contributed by atoms with E-state index in [4.69, 9.17) is 9.47 Å². The Balaban J connectivity index is 1.87. The van der Waals surface area contributed by atoms with E-state index >= 15 is 0 Å². The van der Waals surface area contributed by atoms with E-state index in [1.165, 1.54) is 44.6 Å². The van der Waals surface area contributed by atoms with Gasteiger partial charge in [-0.3, -0.25) is 4.72 Å². The third-order valence-electron chi connectivity index (χ3n) is 3.53. The summed E-state index contributed by atoms with van der Waals surface area (Å²) in [5.74, 6) is 0.564. The maximum atomic E-state index is 13.5. The van der Waals surface area contributed by atoms with Gasteiger partial charge < -0.3 is 9.47 Å². The molecule has 26 heavy (non-hydrogen) atoms. The molecule has 1 heterocycles. The molecule has 0 aliphatic carbocycles. The Labute approximate surface area is 154 Å². The number of methoxy groups -OCH3 is 2. The number of benzene rings is 2. The topological polar surface area (TPSA) is 77.5 Å². The number of nitrogens with one attached hydrogen (secondary N) is 1. The van der Waals surface area contributed by atoms with Crippen LogP contribution in [0.3, 0.4) is 0 Å². The largest absolute Gasteiger partial charge is 0.497 e. The second kappa shape index (κ2) is 7.30. The molecule has 6 nitrogen and oxygen atoms in total. The molecule has 0 aliphatic rings. The molecule has 0 aliphatic heterocycles. The van der Waals surface area contributed by atoms with E-state index in [2.05, 4.69) is 9.71 Å². The van der Waals surface area contributed by atoms with Gasteiger partial charge in [0.1, 0.15) is 17.3 Å². The van der Waals surface area contributed by atoms with E-state index in [-0.39, 0.29) is 10.0 Å². The lowest BCUT2D eigenvalue weighted by Crippen LogP contribution is -2.12. The van der Waals surface area contributed by atoms with Gasteiger partial charge in [0, 0.05) is 10.9 Å². The van der Waals surface area contributed by atoms with E-state index in [0.29, 0.717) is 22.8 Å². The number of halogens is 1. The minimum Gasteiger partial charge on any atom is -0.497 e. The average Bonchev–Trinajstić information content (AvgIpc) is 3.09. The summed E-state index contributed by atoms with van der Waals surface area (Å²) in [4.78, 5) is 4.31. The molecule has 0 fully saturated rings. The van der Waals surface area contributed by atoms with Crippen LogP contribution in [0.4, 0.5) is 9.52 Å². The third-order valence-corrected chi connectivity index (χ3v) is 5.77. The Hall–Kier alpha value is -2.65. The van der Waals surface area contributed by atoms with Crippen molar-refractivity contribution in [2.24, 2.45) is 0 Å². The van der Waals surface area contributed by atoms with Crippen molar-refractivity contribution in [3.05, 3.63) is 53.7 Å². The van der Waals surface area contributed by atoms with Gasteiger partial charge in [-0.2, -0.15) is 0 Å². The van der Waals surface area contributed by atoms with Gasteiger partial charge in [-0.25, -0.2) is 17.8 Å². The second-order valence-corrected chi connectivity index (χ2v) is 7.70. The summed E-state index contributed by atoms with van der Waals surface area (Å²) in [5, 5.41) is 1.80. The number of sulfonamides is 1. The SMILES string of the molecule is COc1ccc(S(=O)(=O)Nc2nc(-c3cc(F)ccc3OC)cs2)cc1. The Morgan fingerprint density at radius 1 is 1.08 bits per heavy atom. The summed E-state index contributed by atoms with van der Waals surface area (Å²) >= 11 is 1.09. The lowest BCUT2D eigenvalue weighted by molar-refractivity contribution is 0.414. The number of hydrogen-bond acceptors (Lipinski definition) is 6. The Kier molecular flexibility index (Phi) is 5.10. The molecule has 3 rings (SSSR count). The van der Waals surface area contributed by atoms with Gasteiger partial charge >= 0.3 is 0 Å². The quantitative estimate of drug-likeness (QED) is 0.689. The first-order valence-electron chi connectivity index (χ1n) is 7.39. The zero-order chi connectivity index (χ0) is 18.7. The smallest absolute Gasteiger partial charge is 0.263 e. The fourth-order valence-corrected chi connectivity index (χ4v) is 4.22. The number of aromatic nitrogens is 1. The Bertz CT molecular complexity index is 1020. The molecule has 0 saturated carbocycles. The molecule has 0 spiro atoms. The molecular formula is C17H15FN2O4S2. The molecule has 0 unspecified atom stereocenters. The summed E-state index contributed by atoms with van der Waals surface area (Å²) in [6.45, 7) is 0. The summed E-state index contributed by atoms with van der Waals surface area (Å²) < 4.78 is 51.1. The molecule has 0 radical (unpaired) electrons. The maximum Gasteiger partial charge on any atom is 0.263 e. The number of hydrogen-bond donors (Lipinski definition) is 1. The van der Waals surface area contributed by atoms with Crippen LogP contribution in [0.2, 0.25) is 0 Å². The highest BCUT2D eigenvalue weighted by Crippen LogP contribution is 2.33. The van der Waals surface area contributed by atoms with Crippen LogP contribution in [-0.4, -0.2) is 27.6 Å². The van der Waals surface area contributed by atoms with E-state index in [9.17, 15) is 12.8 Å². The molecule has 2 aromatic carbocycles. The van der Waals surface area contributed by atoms with E-state index in [1.54, 1.807) is 17.5 Å².